The molecule has 5 rings (SSSR count). The van der Waals surface area contributed by atoms with E-state index in [1.807, 2.05) is 0 Å². The summed E-state index contributed by atoms with van der Waals surface area (Å²) in [6.45, 7) is -2.33. The van der Waals surface area contributed by atoms with Crippen LogP contribution in [0.15, 0.2) is 37.2 Å². The zero-order valence-electron chi connectivity index (χ0n) is 22.6. The number of hydrogen-bond acceptors (Lipinski definition) is 17. The Morgan fingerprint density at radius 3 is 2.51 bits per heavy atom. The maximum absolute atomic E-state index is 12.4. The molecule has 45 heavy (non-hydrogen) atoms. The number of amides is 1. The van der Waals surface area contributed by atoms with Crippen molar-refractivity contribution in [3.05, 3.63) is 42.7 Å². The van der Waals surface area contributed by atoms with Gasteiger partial charge in [-0.15, -0.1) is 0 Å². The number of ether oxygens (including phenoxy) is 2. The summed E-state index contributed by atoms with van der Waals surface area (Å²) >= 11 is 0. The molecule has 3 aromatic rings. The van der Waals surface area contributed by atoms with E-state index in [9.17, 15) is 49.2 Å². The highest BCUT2D eigenvalue weighted by atomic mass is 31.3. The number of nitrogen functional groups attached to an aromatic ring is 1. The molecule has 0 radical (unpaired) electrons. The zero-order chi connectivity index (χ0) is 32.9. The zero-order valence-corrected chi connectivity index (χ0v) is 24.4. The Balaban J connectivity index is 1.18. The SMILES string of the molecule is NC(=O)c1ccc[n+]([C@@H]2O[C@](O)(COP(=O)(O)OP(=O)(O)OC[C@H]3O[C@@H](n4cnc5c(N)ncnc54)[C@H](O)[C@@H]3O)[C@@H](O)[C@H]2O)c1. The summed E-state index contributed by atoms with van der Waals surface area (Å²) in [4.78, 5) is 43.3. The number of aliphatic hydroxyl groups is 5. The second-order valence-electron chi connectivity index (χ2n) is 9.91. The number of anilines is 1. The number of aliphatic hydroxyl groups excluding tert-OH is 4. The number of rotatable bonds is 11. The molecule has 10 atom stereocenters. The molecule has 2 aliphatic rings. The average Bonchev–Trinajstić information content (AvgIpc) is 3.60. The van der Waals surface area contributed by atoms with Crippen LogP contribution in [0.1, 0.15) is 22.8 Å². The van der Waals surface area contributed by atoms with Crippen LogP contribution in [0.25, 0.3) is 11.2 Å². The number of pyridine rings is 1. The average molecular weight is 680 g/mol. The van der Waals surface area contributed by atoms with E-state index in [0.717, 1.165) is 17.1 Å². The molecule has 24 heteroatoms. The maximum atomic E-state index is 12.4. The predicted molar refractivity (Wildman–Crippen MR) is 141 cm³/mol. The minimum Gasteiger partial charge on any atom is -0.387 e. The van der Waals surface area contributed by atoms with E-state index in [2.05, 4.69) is 28.3 Å². The largest absolute Gasteiger partial charge is 0.481 e. The van der Waals surface area contributed by atoms with Crippen molar-refractivity contribution in [1.29, 1.82) is 0 Å². The van der Waals surface area contributed by atoms with Crippen molar-refractivity contribution in [2.24, 2.45) is 5.73 Å². The summed E-state index contributed by atoms with van der Waals surface area (Å²) < 4.78 is 51.4. The van der Waals surface area contributed by atoms with Crippen LogP contribution in [-0.4, -0.2) is 110 Å². The molecule has 5 heterocycles. The van der Waals surface area contributed by atoms with Crippen molar-refractivity contribution >= 4 is 38.5 Å². The third-order valence-corrected chi connectivity index (χ3v) is 9.43. The monoisotopic (exact) mass is 680 g/mol. The van der Waals surface area contributed by atoms with E-state index in [0.29, 0.717) is 0 Å². The molecular weight excluding hydrogens is 652 g/mol. The van der Waals surface area contributed by atoms with Crippen molar-refractivity contribution in [1.82, 2.24) is 19.5 Å². The molecular formula is C21H28N7O15P2+. The number of imidazole rings is 1. The number of primary amides is 1. The van der Waals surface area contributed by atoms with E-state index in [4.69, 9.17) is 20.9 Å². The summed E-state index contributed by atoms with van der Waals surface area (Å²) in [5, 5.41) is 52.3. The summed E-state index contributed by atoms with van der Waals surface area (Å²) in [6, 6.07) is 2.69. The molecule has 0 aromatic carbocycles. The van der Waals surface area contributed by atoms with Crippen molar-refractivity contribution < 1.29 is 76.6 Å². The van der Waals surface area contributed by atoms with Gasteiger partial charge in [0.15, 0.2) is 36.2 Å². The smallest absolute Gasteiger partial charge is 0.387 e. The number of aromatic nitrogens is 5. The number of nitrogens with zero attached hydrogens (tertiary/aromatic N) is 5. The van der Waals surface area contributed by atoms with E-state index in [1.165, 1.54) is 29.2 Å². The number of fused-ring (bicyclic) bond motifs is 1. The normalized spacial score (nSPS) is 32.8. The Morgan fingerprint density at radius 1 is 1.09 bits per heavy atom. The fourth-order valence-corrected chi connectivity index (χ4v) is 6.70. The summed E-state index contributed by atoms with van der Waals surface area (Å²) in [5.74, 6) is -3.66. The Hall–Kier alpha value is -3.05. The van der Waals surface area contributed by atoms with Gasteiger partial charge in [0, 0.05) is 6.07 Å². The quantitative estimate of drug-likeness (QED) is 0.0695. The van der Waals surface area contributed by atoms with Crippen molar-refractivity contribution in [3.63, 3.8) is 0 Å². The van der Waals surface area contributed by atoms with Gasteiger partial charge >= 0.3 is 15.6 Å². The molecule has 2 saturated heterocycles. The first-order valence-corrected chi connectivity index (χ1v) is 15.7. The molecule has 0 spiro atoms. The third kappa shape index (κ3) is 6.75. The first-order valence-electron chi connectivity index (χ1n) is 12.7. The molecule has 11 N–H and O–H groups in total. The van der Waals surface area contributed by atoms with E-state index in [-0.39, 0.29) is 22.5 Å². The van der Waals surface area contributed by atoms with Crippen LogP contribution in [0.4, 0.5) is 5.82 Å². The Morgan fingerprint density at radius 2 is 1.80 bits per heavy atom. The number of carbonyl (C=O) groups excluding carboxylic acids is 1. The van der Waals surface area contributed by atoms with Crippen LogP contribution in [0, 0.1) is 0 Å². The lowest BCUT2D eigenvalue weighted by Gasteiger charge is -2.25. The molecule has 2 fully saturated rings. The first kappa shape index (κ1) is 33.3. The van der Waals surface area contributed by atoms with E-state index < -0.39 is 83.5 Å². The minimum absolute atomic E-state index is 0.0167. The molecule has 22 nitrogen and oxygen atoms in total. The molecule has 1 amide bonds. The van der Waals surface area contributed by atoms with Gasteiger partial charge in [-0.2, -0.15) is 8.88 Å². The highest BCUT2D eigenvalue weighted by molar-refractivity contribution is 7.61. The van der Waals surface area contributed by atoms with Gasteiger partial charge in [-0.3, -0.25) is 23.1 Å². The fraction of sp³-hybridized carbons (Fsp3) is 0.476. The Kier molecular flexibility index (Phi) is 9.09. The topological polar surface area (TPSA) is 338 Å². The second kappa shape index (κ2) is 12.3. The highest BCUT2D eigenvalue weighted by Gasteiger charge is 2.59. The molecule has 0 aliphatic carbocycles. The molecule has 2 aliphatic heterocycles. The Bertz CT molecular complexity index is 1680. The summed E-state index contributed by atoms with van der Waals surface area (Å²) in [5.41, 5.74) is 11.3. The molecule has 2 unspecified atom stereocenters. The highest BCUT2D eigenvalue weighted by Crippen LogP contribution is 2.61. The predicted octanol–water partition coefficient (Wildman–Crippen LogP) is -3.70. The fourth-order valence-electron chi connectivity index (χ4n) is 4.60. The van der Waals surface area contributed by atoms with Gasteiger partial charge in [0.2, 0.25) is 5.79 Å². The van der Waals surface area contributed by atoms with Gasteiger partial charge in [-0.25, -0.2) is 24.1 Å². The lowest BCUT2D eigenvalue weighted by atomic mass is 10.1. The van der Waals surface area contributed by atoms with Crippen LogP contribution in [0.3, 0.4) is 0 Å². The lowest BCUT2D eigenvalue weighted by Crippen LogP contribution is -2.47. The number of carbonyl (C=O) groups is 1. The Labute approximate surface area is 251 Å². The van der Waals surface area contributed by atoms with Crippen LogP contribution < -0.4 is 16.0 Å². The molecule has 0 bridgehead atoms. The minimum atomic E-state index is -5.57. The number of phosphoric ester groups is 2. The maximum Gasteiger partial charge on any atom is 0.481 e. The van der Waals surface area contributed by atoms with E-state index >= 15 is 0 Å². The van der Waals surface area contributed by atoms with Crippen molar-refractivity contribution in [3.8, 4) is 0 Å². The van der Waals surface area contributed by atoms with Gasteiger partial charge in [0.25, 0.3) is 12.1 Å². The number of phosphoric acid groups is 2. The van der Waals surface area contributed by atoms with Crippen molar-refractivity contribution in [2.75, 3.05) is 18.9 Å². The second-order valence-corrected chi connectivity index (χ2v) is 13.0. The molecule has 3 aromatic heterocycles. The van der Waals surface area contributed by atoms with Gasteiger partial charge in [0.05, 0.1) is 12.9 Å². The number of hydrogen-bond donors (Lipinski definition) is 9. The summed E-state index contributed by atoms with van der Waals surface area (Å²) in [7, 11) is -11.0. The number of nitrogens with two attached hydrogens (primary N) is 2. The first-order chi connectivity index (χ1) is 21.0. The van der Waals surface area contributed by atoms with Crippen LogP contribution in [0.5, 0.6) is 0 Å². The van der Waals surface area contributed by atoms with Crippen LogP contribution in [-0.2, 0) is 32.0 Å². The summed E-state index contributed by atoms with van der Waals surface area (Å²) in [6.07, 6.45) is -6.88. The lowest BCUT2D eigenvalue weighted by molar-refractivity contribution is -0.769. The van der Waals surface area contributed by atoms with Gasteiger partial charge in [0.1, 0.15) is 48.4 Å². The third-order valence-electron chi connectivity index (χ3n) is 6.84. The van der Waals surface area contributed by atoms with Crippen LogP contribution >= 0.6 is 15.6 Å². The molecule has 246 valence electrons. The molecule has 0 saturated carbocycles. The van der Waals surface area contributed by atoms with Crippen molar-refractivity contribution in [2.45, 2.75) is 48.8 Å². The standard InChI is InChI=1S/C21H27N7O15P2/c22-16-11-18(25-7-24-16)28(8-26-11)20-13(30)12(29)10(41-20)5-39-44(35,36)43-45(37,38)40-6-21(34)15(32)14(31)19(42-21)27-3-1-2-9(4-27)17(23)33/h1-4,7-8,10,12-15,19-20,29-32,34H,5-6H2,(H5-,22,23,24,25,33,35,36,37,38)/p+1/t10-,12-,13-,14-,15+,19-,20-,21-/m1/s1. The van der Waals surface area contributed by atoms with Crippen LogP contribution in [0.2, 0.25) is 0 Å². The van der Waals surface area contributed by atoms with E-state index in [1.54, 1.807) is 0 Å². The van der Waals surface area contributed by atoms with Gasteiger partial charge in [-0.1, -0.05) is 0 Å². The van der Waals surface area contributed by atoms with Gasteiger partial charge < -0.3 is 51.5 Å². The van der Waals surface area contributed by atoms with Gasteiger partial charge in [-0.05, 0) is 6.07 Å².